The van der Waals surface area contributed by atoms with Gasteiger partial charge in [0, 0.05) is 23.7 Å². The number of aryl methyl sites for hydroxylation is 1. The van der Waals surface area contributed by atoms with Gasteiger partial charge in [-0.3, -0.25) is 9.59 Å². The topological polar surface area (TPSA) is 108 Å². The molecular formula is C20H19N5O4S. The minimum Gasteiger partial charge on any atom is -0.497 e. The Kier molecular flexibility index (Phi) is 5.66. The molecule has 0 atom stereocenters. The third-order valence-corrected chi connectivity index (χ3v) is 5.63. The van der Waals surface area contributed by atoms with E-state index in [0.29, 0.717) is 40.7 Å². The van der Waals surface area contributed by atoms with Crippen LogP contribution >= 0.6 is 11.8 Å². The predicted molar refractivity (Wildman–Crippen MR) is 111 cm³/mol. The zero-order valence-corrected chi connectivity index (χ0v) is 17.2. The Morgan fingerprint density at radius 1 is 1.17 bits per heavy atom. The molecule has 2 heterocycles. The van der Waals surface area contributed by atoms with Crippen LogP contribution in [0.4, 0.5) is 5.69 Å². The van der Waals surface area contributed by atoms with Gasteiger partial charge in [0.15, 0.2) is 5.78 Å². The number of amides is 1. The molecule has 0 unspecified atom stereocenters. The Balaban J connectivity index is 1.52. The van der Waals surface area contributed by atoms with Gasteiger partial charge in [-0.1, -0.05) is 11.8 Å². The van der Waals surface area contributed by atoms with Crippen LogP contribution < -0.4 is 14.8 Å². The Bertz CT molecular complexity index is 1110. The van der Waals surface area contributed by atoms with Crippen molar-refractivity contribution in [1.82, 2.24) is 20.2 Å². The number of hydrogen-bond acceptors (Lipinski definition) is 8. The maximum absolute atomic E-state index is 12.7. The molecular weight excluding hydrogens is 406 g/mol. The monoisotopic (exact) mass is 425 g/mol. The SMILES string of the molecule is COc1ccc(OC)c(-n2nnnc2SCC(=O)c2ccc3c(c2)CCC(=O)N3)c1. The zero-order chi connectivity index (χ0) is 21.1. The van der Waals surface area contributed by atoms with Gasteiger partial charge >= 0.3 is 0 Å². The fourth-order valence-corrected chi connectivity index (χ4v) is 3.93. The number of carbonyl (C=O) groups is 2. The van der Waals surface area contributed by atoms with Gasteiger partial charge in [-0.25, -0.2) is 0 Å². The van der Waals surface area contributed by atoms with Crippen molar-refractivity contribution in [3.63, 3.8) is 0 Å². The highest BCUT2D eigenvalue weighted by Gasteiger charge is 2.19. The summed E-state index contributed by atoms with van der Waals surface area (Å²) in [7, 11) is 3.13. The number of Topliss-reactive ketones (excluding diaryl/α,β-unsaturated/α-hetero) is 1. The minimum atomic E-state index is -0.0492. The molecule has 30 heavy (non-hydrogen) atoms. The molecule has 3 aromatic rings. The maximum atomic E-state index is 12.7. The van der Waals surface area contributed by atoms with Crippen molar-refractivity contribution in [2.45, 2.75) is 18.0 Å². The number of thioether (sulfide) groups is 1. The minimum absolute atomic E-state index is 0.00283. The van der Waals surface area contributed by atoms with Crippen molar-refractivity contribution >= 4 is 29.1 Å². The lowest BCUT2D eigenvalue weighted by atomic mass is 9.99. The lowest BCUT2D eigenvalue weighted by Crippen LogP contribution is -2.19. The van der Waals surface area contributed by atoms with E-state index in [-0.39, 0.29) is 17.4 Å². The Morgan fingerprint density at radius 3 is 2.83 bits per heavy atom. The number of benzene rings is 2. The second kappa shape index (κ2) is 8.54. The van der Waals surface area contributed by atoms with Crippen molar-refractivity contribution in [3.05, 3.63) is 47.5 Å². The molecule has 1 aliphatic heterocycles. The van der Waals surface area contributed by atoms with Crippen molar-refractivity contribution in [2.24, 2.45) is 0 Å². The summed E-state index contributed by atoms with van der Waals surface area (Å²) < 4.78 is 12.2. The van der Waals surface area contributed by atoms with E-state index >= 15 is 0 Å². The van der Waals surface area contributed by atoms with Crippen molar-refractivity contribution in [2.75, 3.05) is 25.3 Å². The first-order valence-electron chi connectivity index (χ1n) is 9.18. The summed E-state index contributed by atoms with van der Waals surface area (Å²) in [6.07, 6.45) is 1.06. The highest BCUT2D eigenvalue weighted by atomic mass is 32.2. The smallest absolute Gasteiger partial charge is 0.224 e. The summed E-state index contributed by atoms with van der Waals surface area (Å²) in [5, 5.41) is 15.1. The van der Waals surface area contributed by atoms with E-state index < -0.39 is 0 Å². The molecule has 1 amide bonds. The molecule has 0 saturated heterocycles. The van der Waals surface area contributed by atoms with Gasteiger partial charge in [-0.2, -0.15) is 4.68 Å². The standard InChI is InChI=1S/C20H19N5O4S/c1-28-14-5-7-18(29-2)16(10-14)25-20(22-23-24-25)30-11-17(26)13-3-6-15-12(9-13)4-8-19(27)21-15/h3,5-7,9-10H,4,8,11H2,1-2H3,(H,21,27). The van der Waals surface area contributed by atoms with Gasteiger partial charge in [0.2, 0.25) is 11.1 Å². The summed E-state index contributed by atoms with van der Waals surface area (Å²) in [5.74, 6) is 1.32. The second-order valence-corrected chi connectivity index (χ2v) is 7.49. The molecule has 0 fully saturated rings. The predicted octanol–water partition coefficient (Wildman–Crippen LogP) is 2.54. The highest BCUT2D eigenvalue weighted by Crippen LogP contribution is 2.30. The van der Waals surface area contributed by atoms with Crippen molar-refractivity contribution in [1.29, 1.82) is 0 Å². The van der Waals surface area contributed by atoms with Gasteiger partial charge in [0.05, 0.1) is 20.0 Å². The van der Waals surface area contributed by atoms with E-state index in [2.05, 4.69) is 20.8 Å². The largest absolute Gasteiger partial charge is 0.497 e. The maximum Gasteiger partial charge on any atom is 0.224 e. The molecule has 0 bridgehead atoms. The molecule has 1 aromatic heterocycles. The number of nitrogens with one attached hydrogen (secondary N) is 1. The van der Waals surface area contributed by atoms with Gasteiger partial charge in [0.25, 0.3) is 0 Å². The number of ether oxygens (including phenoxy) is 2. The van der Waals surface area contributed by atoms with Gasteiger partial charge in [-0.15, -0.1) is 5.10 Å². The van der Waals surface area contributed by atoms with Crippen molar-refractivity contribution in [3.8, 4) is 17.2 Å². The average Bonchev–Trinajstić information content (AvgIpc) is 3.25. The van der Waals surface area contributed by atoms with Crippen LogP contribution in [0, 0.1) is 0 Å². The first kappa shape index (κ1) is 19.9. The number of hydrogen-bond donors (Lipinski definition) is 1. The van der Waals surface area contributed by atoms with Crippen LogP contribution in [0.5, 0.6) is 11.5 Å². The van der Waals surface area contributed by atoms with Gasteiger partial charge < -0.3 is 14.8 Å². The van der Waals surface area contributed by atoms with E-state index in [1.165, 1.54) is 16.4 Å². The summed E-state index contributed by atoms with van der Waals surface area (Å²) in [4.78, 5) is 24.2. The van der Waals surface area contributed by atoms with Crippen molar-refractivity contribution < 1.29 is 19.1 Å². The van der Waals surface area contributed by atoms with Gasteiger partial charge in [0.1, 0.15) is 17.2 Å². The molecule has 0 aliphatic carbocycles. The fourth-order valence-electron chi connectivity index (χ4n) is 3.15. The van der Waals surface area contributed by atoms with Gasteiger partial charge in [-0.05, 0) is 52.7 Å². The Labute approximate surface area is 176 Å². The molecule has 2 aromatic carbocycles. The molecule has 0 spiro atoms. The number of nitrogens with zero attached hydrogens (tertiary/aromatic N) is 4. The van der Waals surface area contributed by atoms with E-state index in [9.17, 15) is 9.59 Å². The lowest BCUT2D eigenvalue weighted by Gasteiger charge is -2.17. The van der Waals surface area contributed by atoms with E-state index in [4.69, 9.17) is 9.47 Å². The summed E-state index contributed by atoms with van der Waals surface area (Å²) >= 11 is 1.23. The van der Waals surface area contributed by atoms with Crippen LogP contribution in [0.15, 0.2) is 41.6 Å². The number of anilines is 1. The number of aromatic nitrogens is 4. The van der Waals surface area contributed by atoms with Crippen LogP contribution in [0.1, 0.15) is 22.3 Å². The molecule has 0 radical (unpaired) electrons. The molecule has 1 N–H and O–H groups in total. The molecule has 9 nitrogen and oxygen atoms in total. The van der Waals surface area contributed by atoms with E-state index in [0.717, 1.165) is 11.3 Å². The molecule has 10 heteroatoms. The lowest BCUT2D eigenvalue weighted by molar-refractivity contribution is -0.116. The molecule has 0 saturated carbocycles. The second-order valence-electron chi connectivity index (χ2n) is 6.54. The Hall–Kier alpha value is -3.40. The number of rotatable bonds is 7. The molecule has 154 valence electrons. The highest BCUT2D eigenvalue weighted by molar-refractivity contribution is 7.99. The summed E-state index contributed by atoms with van der Waals surface area (Å²) in [6, 6.07) is 10.6. The van der Waals surface area contributed by atoms with Crippen LogP contribution in [-0.4, -0.2) is 51.9 Å². The van der Waals surface area contributed by atoms with E-state index in [1.54, 1.807) is 44.6 Å². The van der Waals surface area contributed by atoms with E-state index in [1.807, 2.05) is 6.07 Å². The van der Waals surface area contributed by atoms with Crippen LogP contribution in [0.25, 0.3) is 5.69 Å². The van der Waals surface area contributed by atoms with Crippen LogP contribution in [0.3, 0.4) is 0 Å². The third kappa shape index (κ3) is 3.99. The Morgan fingerprint density at radius 2 is 2.03 bits per heavy atom. The zero-order valence-electron chi connectivity index (χ0n) is 16.4. The number of ketones is 1. The normalized spacial score (nSPS) is 12.8. The third-order valence-electron chi connectivity index (χ3n) is 4.71. The number of fused-ring (bicyclic) bond motifs is 1. The first-order chi connectivity index (χ1) is 14.6. The number of carbonyl (C=O) groups excluding carboxylic acids is 2. The average molecular weight is 425 g/mol. The summed E-state index contributed by atoms with van der Waals surface area (Å²) in [6.45, 7) is 0. The van der Waals surface area contributed by atoms with Crippen LogP contribution in [0.2, 0.25) is 0 Å². The summed E-state index contributed by atoms with van der Waals surface area (Å²) in [5.41, 5.74) is 2.94. The number of methoxy groups -OCH3 is 2. The fraction of sp³-hybridized carbons (Fsp3) is 0.250. The quantitative estimate of drug-likeness (QED) is 0.454. The molecule has 1 aliphatic rings. The first-order valence-corrected chi connectivity index (χ1v) is 10.2. The number of tetrazole rings is 1. The molecule has 4 rings (SSSR count). The van der Waals surface area contributed by atoms with Crippen LogP contribution in [-0.2, 0) is 11.2 Å².